The van der Waals surface area contributed by atoms with E-state index in [9.17, 15) is 21.4 Å². The van der Waals surface area contributed by atoms with Crippen molar-refractivity contribution < 1.29 is 30.6 Å². The highest BCUT2D eigenvalue weighted by atomic mass is 32.2. The lowest BCUT2D eigenvalue weighted by atomic mass is 10.0. The molecule has 0 bridgehead atoms. The highest BCUT2D eigenvalue weighted by molar-refractivity contribution is 7.86. The highest BCUT2D eigenvalue weighted by Crippen LogP contribution is 2.30. The minimum atomic E-state index is -4.66. The van der Waals surface area contributed by atoms with Crippen molar-refractivity contribution in [2.45, 2.75) is 87.3 Å². The second kappa shape index (κ2) is 13.7. The SMILES string of the molecule is CCCCCCCCCCCCc1cccc(OOS(=O)(=O)c2ccccc2)c1S(=O)(=O)O. The molecule has 0 aliphatic carbocycles. The van der Waals surface area contributed by atoms with E-state index >= 15 is 0 Å². The van der Waals surface area contributed by atoms with E-state index in [1.807, 2.05) is 0 Å². The number of aryl methyl sites for hydroxylation is 1. The molecule has 0 fully saturated rings. The average molecular weight is 499 g/mol. The number of hydrogen-bond acceptors (Lipinski definition) is 6. The summed E-state index contributed by atoms with van der Waals surface area (Å²) in [6.07, 6.45) is 11.9. The molecular formula is C24H34O7S2. The van der Waals surface area contributed by atoms with Crippen molar-refractivity contribution in [3.8, 4) is 5.75 Å². The second-order valence-electron chi connectivity index (χ2n) is 8.07. The predicted octanol–water partition coefficient (Wildman–Crippen LogP) is 6.10. The number of benzene rings is 2. The molecule has 184 valence electrons. The third-order valence-electron chi connectivity index (χ3n) is 5.36. The molecule has 2 rings (SSSR count). The number of hydrogen-bond donors (Lipinski definition) is 1. The zero-order chi connectivity index (χ0) is 24.2. The molecule has 0 aromatic heterocycles. The Labute approximate surface area is 197 Å². The lowest BCUT2D eigenvalue weighted by Gasteiger charge is -2.12. The molecule has 2 aromatic rings. The summed E-state index contributed by atoms with van der Waals surface area (Å²) >= 11 is 0. The number of rotatable bonds is 16. The largest absolute Gasteiger partial charge is 0.332 e. The second-order valence-corrected chi connectivity index (χ2v) is 10.9. The van der Waals surface area contributed by atoms with E-state index in [0.717, 1.165) is 25.7 Å². The van der Waals surface area contributed by atoms with Crippen LogP contribution in [-0.2, 0) is 31.0 Å². The van der Waals surface area contributed by atoms with Crippen LogP contribution in [0, 0.1) is 0 Å². The molecule has 0 atom stereocenters. The van der Waals surface area contributed by atoms with Gasteiger partial charge >= 0.3 is 10.1 Å². The lowest BCUT2D eigenvalue weighted by molar-refractivity contribution is -0.0956. The fraction of sp³-hybridized carbons (Fsp3) is 0.500. The average Bonchev–Trinajstić information content (AvgIpc) is 2.79. The third kappa shape index (κ3) is 9.44. The molecule has 0 radical (unpaired) electrons. The lowest BCUT2D eigenvalue weighted by Crippen LogP contribution is -2.12. The molecule has 33 heavy (non-hydrogen) atoms. The zero-order valence-corrected chi connectivity index (χ0v) is 20.7. The Morgan fingerprint density at radius 1 is 0.727 bits per heavy atom. The first-order chi connectivity index (χ1) is 15.8. The van der Waals surface area contributed by atoms with Crippen molar-refractivity contribution >= 4 is 20.2 Å². The molecule has 0 spiro atoms. The van der Waals surface area contributed by atoms with E-state index in [1.165, 1.54) is 74.9 Å². The summed E-state index contributed by atoms with van der Waals surface area (Å²) in [5.74, 6) is -0.374. The quantitative estimate of drug-likeness (QED) is 0.129. The number of unbranched alkanes of at least 4 members (excludes halogenated alkanes) is 9. The smallest absolute Gasteiger partial charge is 0.319 e. The molecule has 0 saturated carbocycles. The van der Waals surface area contributed by atoms with Crippen LogP contribution in [0.3, 0.4) is 0 Å². The van der Waals surface area contributed by atoms with E-state index in [2.05, 4.69) is 11.3 Å². The van der Waals surface area contributed by atoms with Crippen molar-refractivity contribution in [2.24, 2.45) is 0 Å². The Morgan fingerprint density at radius 2 is 1.30 bits per heavy atom. The van der Waals surface area contributed by atoms with Crippen LogP contribution in [0.1, 0.15) is 76.7 Å². The minimum absolute atomic E-state index is 0.139. The van der Waals surface area contributed by atoms with E-state index in [1.54, 1.807) is 12.1 Å². The van der Waals surface area contributed by atoms with Gasteiger partial charge in [0, 0.05) is 0 Å². The van der Waals surface area contributed by atoms with E-state index < -0.39 is 25.1 Å². The van der Waals surface area contributed by atoms with Crippen molar-refractivity contribution in [2.75, 3.05) is 0 Å². The Bertz CT molecular complexity index is 1050. The summed E-state index contributed by atoms with van der Waals surface area (Å²) in [5.41, 5.74) is 0.357. The summed E-state index contributed by atoms with van der Waals surface area (Å²) in [7, 11) is -8.93. The van der Waals surface area contributed by atoms with Gasteiger partial charge in [-0.25, -0.2) is 0 Å². The monoisotopic (exact) mass is 498 g/mol. The van der Waals surface area contributed by atoms with E-state index in [-0.39, 0.29) is 10.6 Å². The Balaban J connectivity index is 1.94. The van der Waals surface area contributed by atoms with Crippen LogP contribution >= 0.6 is 0 Å². The summed E-state index contributed by atoms with van der Waals surface area (Å²) < 4.78 is 62.9. The maximum atomic E-state index is 12.3. The van der Waals surface area contributed by atoms with Gasteiger partial charge in [-0.2, -0.15) is 16.8 Å². The predicted molar refractivity (Wildman–Crippen MR) is 127 cm³/mol. The molecular weight excluding hydrogens is 464 g/mol. The summed E-state index contributed by atoms with van der Waals surface area (Å²) in [5, 5.41) is 0. The molecule has 7 nitrogen and oxygen atoms in total. The van der Waals surface area contributed by atoms with Crippen LogP contribution in [0.15, 0.2) is 58.3 Å². The van der Waals surface area contributed by atoms with Crippen LogP contribution in [0.2, 0.25) is 0 Å². The molecule has 0 amide bonds. The van der Waals surface area contributed by atoms with Gasteiger partial charge in [-0.15, -0.1) is 0 Å². The van der Waals surface area contributed by atoms with Gasteiger partial charge in [0.2, 0.25) is 0 Å². The van der Waals surface area contributed by atoms with Crippen LogP contribution < -0.4 is 4.89 Å². The Kier molecular flexibility index (Phi) is 11.3. The van der Waals surface area contributed by atoms with Crippen molar-refractivity contribution in [3.63, 3.8) is 0 Å². The summed E-state index contributed by atoms with van der Waals surface area (Å²) in [6, 6.07) is 11.7. The maximum absolute atomic E-state index is 12.3. The van der Waals surface area contributed by atoms with Gasteiger partial charge in [0.25, 0.3) is 10.1 Å². The van der Waals surface area contributed by atoms with Crippen LogP contribution in [0.5, 0.6) is 5.75 Å². The standard InChI is InChI=1S/C24H34O7S2/c1-2-3-4-5-6-7-8-9-10-12-16-21-17-15-20-23(24(21)32(25,26)27)30-31-33(28,29)22-18-13-11-14-19-22/h11,13-15,17-20H,2-10,12,16H2,1H3,(H,25,26,27). The minimum Gasteiger partial charge on any atom is -0.319 e. The summed E-state index contributed by atoms with van der Waals surface area (Å²) in [4.78, 5) is 4.29. The highest BCUT2D eigenvalue weighted by Gasteiger charge is 2.24. The van der Waals surface area contributed by atoms with Crippen LogP contribution in [0.4, 0.5) is 0 Å². The van der Waals surface area contributed by atoms with Gasteiger partial charge in [0.15, 0.2) is 5.75 Å². The third-order valence-corrected chi connectivity index (χ3v) is 7.44. The first kappa shape index (κ1) is 27.3. The molecule has 1 N–H and O–H groups in total. The molecule has 0 aliphatic rings. The first-order valence-corrected chi connectivity index (χ1v) is 14.4. The van der Waals surface area contributed by atoms with Crippen LogP contribution in [0.25, 0.3) is 0 Å². The molecule has 0 aliphatic heterocycles. The molecule has 0 saturated heterocycles. The van der Waals surface area contributed by atoms with Gasteiger partial charge in [0.1, 0.15) is 4.90 Å². The fourth-order valence-corrected chi connectivity index (χ4v) is 5.22. The van der Waals surface area contributed by atoms with Gasteiger partial charge in [-0.3, -0.25) is 4.55 Å². The van der Waals surface area contributed by atoms with Gasteiger partial charge in [-0.05, 0) is 36.6 Å². The van der Waals surface area contributed by atoms with E-state index in [4.69, 9.17) is 4.89 Å². The van der Waals surface area contributed by atoms with Crippen molar-refractivity contribution in [1.29, 1.82) is 0 Å². The Hall–Kier alpha value is -1.94. The molecule has 0 heterocycles. The van der Waals surface area contributed by atoms with Gasteiger partial charge < -0.3 is 4.89 Å². The fourth-order valence-electron chi connectivity index (χ4n) is 3.63. The Morgan fingerprint density at radius 3 is 1.88 bits per heavy atom. The van der Waals surface area contributed by atoms with Crippen LogP contribution in [-0.4, -0.2) is 21.4 Å². The maximum Gasteiger partial charge on any atom is 0.332 e. The first-order valence-electron chi connectivity index (χ1n) is 11.5. The van der Waals surface area contributed by atoms with Gasteiger partial charge in [0.05, 0.1) is 4.90 Å². The van der Waals surface area contributed by atoms with Gasteiger partial charge in [-0.1, -0.05) is 99.4 Å². The van der Waals surface area contributed by atoms with Crippen molar-refractivity contribution in [1.82, 2.24) is 0 Å². The molecule has 2 aromatic carbocycles. The molecule has 0 unspecified atom stereocenters. The normalized spacial score (nSPS) is 12.1. The van der Waals surface area contributed by atoms with Crippen molar-refractivity contribution in [3.05, 3.63) is 54.1 Å². The topological polar surface area (TPSA) is 107 Å². The van der Waals surface area contributed by atoms with E-state index in [0.29, 0.717) is 12.0 Å². The molecule has 9 heteroatoms. The zero-order valence-electron chi connectivity index (χ0n) is 19.1. The summed E-state index contributed by atoms with van der Waals surface area (Å²) in [6.45, 7) is 2.20.